The first-order chi connectivity index (χ1) is 8.02. The van der Waals surface area contributed by atoms with E-state index in [9.17, 15) is 4.79 Å². The average Bonchev–Trinajstić information content (AvgIpc) is 2.83. The molecule has 2 atom stereocenters. The molecule has 0 spiro atoms. The van der Waals surface area contributed by atoms with Crippen LogP contribution in [0.5, 0.6) is 0 Å². The van der Waals surface area contributed by atoms with Gasteiger partial charge in [0.05, 0.1) is 11.2 Å². The molecule has 1 saturated carbocycles. The summed E-state index contributed by atoms with van der Waals surface area (Å²) in [7, 11) is 0. The molecule has 94 valence electrons. The first-order valence-corrected chi connectivity index (χ1v) is 6.43. The van der Waals surface area contributed by atoms with E-state index in [-0.39, 0.29) is 23.8 Å². The number of carbonyl (C=O) groups excluding carboxylic acids is 1. The number of halogens is 1. The lowest BCUT2D eigenvalue weighted by molar-refractivity contribution is 0.0900. The Kier molecular flexibility index (Phi) is 3.54. The summed E-state index contributed by atoms with van der Waals surface area (Å²) in [5.74, 6) is -0.0482. The lowest BCUT2D eigenvalue weighted by atomic mass is 9.96. The van der Waals surface area contributed by atoms with Crippen LogP contribution in [0.15, 0.2) is 6.20 Å². The number of Topliss-reactive ketones (excluding diaryl/α,β-unsaturated/α-hetero) is 1. The summed E-state index contributed by atoms with van der Waals surface area (Å²) in [6, 6.07) is 0.0909. The van der Waals surface area contributed by atoms with Gasteiger partial charge in [0.2, 0.25) is 0 Å². The Hall–Kier alpha value is -0.870. The second-order valence-corrected chi connectivity index (χ2v) is 5.35. The molecule has 0 amide bonds. The van der Waals surface area contributed by atoms with Crippen molar-refractivity contribution in [3.63, 3.8) is 0 Å². The van der Waals surface area contributed by atoms with Crippen LogP contribution in [0, 0.1) is 5.92 Å². The zero-order chi connectivity index (χ0) is 12.6. The van der Waals surface area contributed by atoms with E-state index >= 15 is 0 Å². The van der Waals surface area contributed by atoms with Gasteiger partial charge in [0.25, 0.3) is 0 Å². The molecule has 1 aromatic rings. The highest BCUT2D eigenvalue weighted by Crippen LogP contribution is 2.30. The maximum absolute atomic E-state index is 12.4. The summed E-state index contributed by atoms with van der Waals surface area (Å²) < 4.78 is 1.69. The second-order valence-electron chi connectivity index (χ2n) is 4.94. The van der Waals surface area contributed by atoms with Crippen molar-refractivity contribution in [3.8, 4) is 0 Å². The molecule has 4 nitrogen and oxygen atoms in total. The number of hydrogen-bond acceptors (Lipinski definition) is 3. The van der Waals surface area contributed by atoms with Crippen LogP contribution >= 0.6 is 11.6 Å². The fourth-order valence-corrected chi connectivity index (χ4v) is 2.68. The monoisotopic (exact) mass is 255 g/mol. The summed E-state index contributed by atoms with van der Waals surface area (Å²) in [5.41, 5.74) is 6.49. The normalized spacial score (nSPS) is 24.5. The van der Waals surface area contributed by atoms with Crippen LogP contribution in [0.1, 0.15) is 49.6 Å². The van der Waals surface area contributed by atoms with E-state index < -0.39 is 0 Å². The highest BCUT2D eigenvalue weighted by atomic mass is 35.5. The van der Waals surface area contributed by atoms with Crippen molar-refractivity contribution >= 4 is 17.4 Å². The maximum atomic E-state index is 12.4. The average molecular weight is 256 g/mol. The molecule has 0 saturated heterocycles. The van der Waals surface area contributed by atoms with Crippen molar-refractivity contribution < 1.29 is 4.79 Å². The Balaban J connectivity index is 2.33. The molecule has 0 bridgehead atoms. The standard InChI is InChI=1S/C12H18ClN3O/c1-7(2)16-11(9(13)6-15-16)12(17)8-4-3-5-10(8)14/h6-8,10H,3-5,14H2,1-2H3. The molecule has 0 aromatic carbocycles. The number of nitrogens with zero attached hydrogens (tertiary/aromatic N) is 2. The smallest absolute Gasteiger partial charge is 0.187 e. The fourth-order valence-electron chi connectivity index (χ4n) is 2.45. The van der Waals surface area contributed by atoms with Crippen molar-refractivity contribution in [2.75, 3.05) is 0 Å². The minimum atomic E-state index is -0.0956. The minimum Gasteiger partial charge on any atom is -0.327 e. The quantitative estimate of drug-likeness (QED) is 0.844. The number of rotatable bonds is 3. The molecular weight excluding hydrogens is 238 g/mol. The molecule has 0 aliphatic heterocycles. The van der Waals surface area contributed by atoms with Gasteiger partial charge in [0.1, 0.15) is 5.69 Å². The van der Waals surface area contributed by atoms with Gasteiger partial charge in [-0.05, 0) is 26.7 Å². The van der Waals surface area contributed by atoms with Gasteiger partial charge < -0.3 is 5.73 Å². The molecular formula is C12H18ClN3O. The summed E-state index contributed by atoms with van der Waals surface area (Å²) in [6.07, 6.45) is 4.34. The third-order valence-corrected chi connectivity index (χ3v) is 3.66. The van der Waals surface area contributed by atoms with Gasteiger partial charge in [0, 0.05) is 18.0 Å². The summed E-state index contributed by atoms with van der Waals surface area (Å²) in [6.45, 7) is 3.96. The molecule has 1 aliphatic rings. The van der Waals surface area contributed by atoms with Crippen LogP contribution < -0.4 is 5.73 Å². The fraction of sp³-hybridized carbons (Fsp3) is 0.667. The van der Waals surface area contributed by atoms with Crippen molar-refractivity contribution in [1.29, 1.82) is 0 Å². The van der Waals surface area contributed by atoms with Gasteiger partial charge >= 0.3 is 0 Å². The predicted molar refractivity (Wildman–Crippen MR) is 67.3 cm³/mol. The molecule has 5 heteroatoms. The van der Waals surface area contributed by atoms with Gasteiger partial charge in [-0.25, -0.2) is 0 Å². The van der Waals surface area contributed by atoms with Crippen molar-refractivity contribution in [3.05, 3.63) is 16.9 Å². The van der Waals surface area contributed by atoms with Crippen LogP contribution in [-0.2, 0) is 0 Å². The third kappa shape index (κ3) is 2.24. The van der Waals surface area contributed by atoms with E-state index in [4.69, 9.17) is 17.3 Å². The van der Waals surface area contributed by atoms with Gasteiger partial charge in [-0.2, -0.15) is 5.10 Å². The zero-order valence-electron chi connectivity index (χ0n) is 10.2. The first kappa shape index (κ1) is 12.6. The Morgan fingerprint density at radius 3 is 2.82 bits per heavy atom. The van der Waals surface area contributed by atoms with Crippen molar-refractivity contribution in [2.24, 2.45) is 11.7 Å². The van der Waals surface area contributed by atoms with E-state index in [2.05, 4.69) is 5.10 Å². The van der Waals surface area contributed by atoms with Gasteiger partial charge in [-0.15, -0.1) is 0 Å². The van der Waals surface area contributed by atoms with Gasteiger partial charge in [0.15, 0.2) is 5.78 Å². The Morgan fingerprint density at radius 1 is 1.59 bits per heavy atom. The first-order valence-electron chi connectivity index (χ1n) is 6.05. The lowest BCUT2D eigenvalue weighted by Crippen LogP contribution is -2.32. The zero-order valence-corrected chi connectivity index (χ0v) is 10.9. The predicted octanol–water partition coefficient (Wildman–Crippen LogP) is 2.43. The Labute approximate surface area is 106 Å². The van der Waals surface area contributed by atoms with E-state index in [1.54, 1.807) is 4.68 Å². The molecule has 2 unspecified atom stereocenters. The molecule has 1 aliphatic carbocycles. The number of aromatic nitrogens is 2. The van der Waals surface area contributed by atoms with Crippen LogP contribution in [0.2, 0.25) is 5.02 Å². The van der Waals surface area contributed by atoms with Crippen LogP contribution in [0.3, 0.4) is 0 Å². The molecule has 1 aromatic heterocycles. The van der Waals surface area contributed by atoms with Crippen LogP contribution in [-0.4, -0.2) is 21.6 Å². The van der Waals surface area contributed by atoms with E-state index in [0.29, 0.717) is 10.7 Å². The molecule has 2 rings (SSSR count). The van der Waals surface area contributed by atoms with Gasteiger partial charge in [-0.1, -0.05) is 18.0 Å². The number of hydrogen-bond donors (Lipinski definition) is 1. The number of ketones is 1. The molecule has 1 fully saturated rings. The highest BCUT2D eigenvalue weighted by Gasteiger charge is 2.34. The van der Waals surface area contributed by atoms with E-state index in [1.807, 2.05) is 13.8 Å². The van der Waals surface area contributed by atoms with Gasteiger partial charge in [-0.3, -0.25) is 9.48 Å². The largest absolute Gasteiger partial charge is 0.327 e. The van der Waals surface area contributed by atoms with Crippen molar-refractivity contribution in [2.45, 2.75) is 45.2 Å². The Morgan fingerprint density at radius 2 is 2.29 bits per heavy atom. The minimum absolute atomic E-state index is 0.0333. The number of nitrogens with two attached hydrogens (primary N) is 1. The van der Waals surface area contributed by atoms with E-state index in [0.717, 1.165) is 19.3 Å². The topological polar surface area (TPSA) is 60.9 Å². The van der Waals surface area contributed by atoms with E-state index in [1.165, 1.54) is 6.20 Å². The molecule has 17 heavy (non-hydrogen) atoms. The summed E-state index contributed by atoms with van der Waals surface area (Å²) in [5, 5.41) is 4.59. The third-order valence-electron chi connectivity index (χ3n) is 3.38. The lowest BCUT2D eigenvalue weighted by Gasteiger charge is -2.16. The Bertz CT molecular complexity index is 427. The number of carbonyl (C=O) groups is 1. The van der Waals surface area contributed by atoms with Crippen LogP contribution in [0.25, 0.3) is 0 Å². The summed E-state index contributed by atoms with van der Waals surface area (Å²) >= 11 is 6.07. The highest BCUT2D eigenvalue weighted by molar-refractivity contribution is 6.33. The maximum Gasteiger partial charge on any atom is 0.187 e. The molecule has 1 heterocycles. The molecule has 2 N–H and O–H groups in total. The SMILES string of the molecule is CC(C)n1ncc(Cl)c1C(=O)C1CCCC1N. The van der Waals surface area contributed by atoms with Crippen molar-refractivity contribution in [1.82, 2.24) is 9.78 Å². The summed E-state index contributed by atoms with van der Waals surface area (Å²) in [4.78, 5) is 12.4. The van der Waals surface area contributed by atoms with Crippen LogP contribution in [0.4, 0.5) is 0 Å². The molecule has 0 radical (unpaired) electrons. The second kappa shape index (κ2) is 4.78.